The van der Waals surface area contributed by atoms with Gasteiger partial charge in [-0.1, -0.05) is 23.8 Å². The normalized spacial score (nSPS) is 15.3. The Morgan fingerprint density at radius 1 is 1.40 bits per heavy atom. The summed E-state index contributed by atoms with van der Waals surface area (Å²) in [7, 11) is 0. The van der Waals surface area contributed by atoms with E-state index in [4.69, 9.17) is 5.73 Å². The topological polar surface area (TPSA) is 55.1 Å². The first-order valence-electron chi connectivity index (χ1n) is 7.14. The summed E-state index contributed by atoms with van der Waals surface area (Å²) in [4.78, 5) is 11.8. The molecule has 1 saturated carbocycles. The molecule has 3 nitrogen and oxygen atoms in total. The molecule has 1 atom stereocenters. The van der Waals surface area contributed by atoms with Gasteiger partial charge in [-0.15, -0.1) is 12.4 Å². The van der Waals surface area contributed by atoms with Gasteiger partial charge in [-0.25, -0.2) is 0 Å². The quantitative estimate of drug-likeness (QED) is 0.847. The predicted octanol–water partition coefficient (Wildman–Crippen LogP) is 2.51. The van der Waals surface area contributed by atoms with Gasteiger partial charge in [0.25, 0.3) is 0 Å². The van der Waals surface area contributed by atoms with Crippen molar-refractivity contribution in [2.75, 3.05) is 6.54 Å². The van der Waals surface area contributed by atoms with E-state index in [1.807, 2.05) is 0 Å². The Balaban J connectivity index is 0.00000200. The highest BCUT2D eigenvalue weighted by Crippen LogP contribution is 2.31. The Labute approximate surface area is 127 Å². The van der Waals surface area contributed by atoms with Crippen molar-refractivity contribution in [3.63, 3.8) is 0 Å². The van der Waals surface area contributed by atoms with Gasteiger partial charge in [-0.3, -0.25) is 4.79 Å². The van der Waals surface area contributed by atoms with Crippen molar-refractivity contribution in [3.05, 3.63) is 34.9 Å². The number of halogens is 1. The lowest BCUT2D eigenvalue weighted by molar-refractivity contribution is -0.121. The van der Waals surface area contributed by atoms with Crippen molar-refractivity contribution in [1.82, 2.24) is 5.32 Å². The highest BCUT2D eigenvalue weighted by molar-refractivity contribution is 5.85. The molecule has 1 aliphatic carbocycles. The summed E-state index contributed by atoms with van der Waals surface area (Å²) in [6.45, 7) is 4.81. The third-order valence-electron chi connectivity index (χ3n) is 3.88. The van der Waals surface area contributed by atoms with E-state index in [9.17, 15) is 4.79 Å². The minimum atomic E-state index is 0. The first-order chi connectivity index (χ1) is 9.06. The molecule has 0 heterocycles. The first-order valence-corrected chi connectivity index (χ1v) is 7.14. The van der Waals surface area contributed by atoms with Crippen molar-refractivity contribution in [2.45, 2.75) is 45.6 Å². The van der Waals surface area contributed by atoms with Gasteiger partial charge in [0.05, 0.1) is 0 Å². The van der Waals surface area contributed by atoms with Crippen molar-refractivity contribution < 1.29 is 4.79 Å². The fraction of sp³-hybridized carbons (Fsp3) is 0.562. The molecule has 0 aliphatic heterocycles. The molecule has 20 heavy (non-hydrogen) atoms. The van der Waals surface area contributed by atoms with Crippen LogP contribution < -0.4 is 11.1 Å². The van der Waals surface area contributed by atoms with Gasteiger partial charge in [-0.05, 0) is 50.2 Å². The summed E-state index contributed by atoms with van der Waals surface area (Å²) in [5.74, 6) is 0.746. The van der Waals surface area contributed by atoms with Gasteiger partial charge >= 0.3 is 0 Å². The van der Waals surface area contributed by atoms with Gasteiger partial charge in [-0.2, -0.15) is 0 Å². The van der Waals surface area contributed by atoms with Crippen LogP contribution in [0, 0.1) is 19.8 Å². The molecule has 1 fully saturated rings. The number of carbonyl (C=O) groups is 1. The maximum absolute atomic E-state index is 11.8. The second-order valence-electron chi connectivity index (χ2n) is 5.74. The van der Waals surface area contributed by atoms with Crippen LogP contribution in [0.25, 0.3) is 0 Å². The van der Waals surface area contributed by atoms with E-state index in [-0.39, 0.29) is 24.4 Å². The molecule has 1 unspecified atom stereocenters. The zero-order chi connectivity index (χ0) is 13.8. The van der Waals surface area contributed by atoms with E-state index in [2.05, 4.69) is 37.4 Å². The Kier molecular flexibility index (Phi) is 6.50. The highest BCUT2D eigenvalue weighted by atomic mass is 35.5. The molecule has 0 radical (unpaired) electrons. The molecule has 3 N–H and O–H groups in total. The number of hydrogen-bond acceptors (Lipinski definition) is 2. The standard InChI is InChI=1S/C16H24N2O.ClH/c1-11-3-4-13(12(2)9-11)7-8-16(19)18-10-15(17)14-5-6-14;/h3-4,9,14-15H,5-8,10,17H2,1-2H3,(H,18,19);1H. The summed E-state index contributed by atoms with van der Waals surface area (Å²) < 4.78 is 0. The Bertz CT molecular complexity index is 458. The van der Waals surface area contributed by atoms with E-state index < -0.39 is 0 Å². The van der Waals surface area contributed by atoms with E-state index in [1.54, 1.807) is 0 Å². The number of aryl methyl sites for hydroxylation is 3. The van der Waals surface area contributed by atoms with E-state index in [0.29, 0.717) is 18.9 Å². The average molecular weight is 297 g/mol. The van der Waals surface area contributed by atoms with Gasteiger partial charge in [0.1, 0.15) is 0 Å². The molecular formula is C16H25ClN2O. The van der Waals surface area contributed by atoms with Gasteiger partial charge in [0.15, 0.2) is 0 Å². The van der Waals surface area contributed by atoms with Crippen LogP contribution in [-0.2, 0) is 11.2 Å². The van der Waals surface area contributed by atoms with Crippen LogP contribution in [0.5, 0.6) is 0 Å². The fourth-order valence-corrected chi connectivity index (χ4v) is 2.39. The largest absolute Gasteiger partial charge is 0.355 e. The lowest BCUT2D eigenvalue weighted by atomic mass is 10.0. The summed E-state index contributed by atoms with van der Waals surface area (Å²) in [6.07, 6.45) is 3.79. The second-order valence-corrected chi connectivity index (χ2v) is 5.74. The SMILES string of the molecule is Cc1ccc(CCC(=O)NCC(N)C2CC2)c(C)c1.Cl. The van der Waals surface area contributed by atoms with Gasteiger partial charge in [0, 0.05) is 19.0 Å². The summed E-state index contributed by atoms with van der Waals surface area (Å²) in [6, 6.07) is 6.53. The van der Waals surface area contributed by atoms with Crippen LogP contribution in [0.3, 0.4) is 0 Å². The smallest absolute Gasteiger partial charge is 0.220 e. The number of benzene rings is 1. The van der Waals surface area contributed by atoms with E-state index in [0.717, 1.165) is 6.42 Å². The number of hydrogen-bond donors (Lipinski definition) is 2. The maximum Gasteiger partial charge on any atom is 0.220 e. The molecule has 0 saturated heterocycles. The zero-order valence-electron chi connectivity index (χ0n) is 12.3. The van der Waals surface area contributed by atoms with Gasteiger partial charge < -0.3 is 11.1 Å². The summed E-state index contributed by atoms with van der Waals surface area (Å²) in [5, 5.41) is 2.94. The molecule has 0 aromatic heterocycles. The van der Waals surface area contributed by atoms with E-state index >= 15 is 0 Å². The number of nitrogens with one attached hydrogen (secondary N) is 1. The first kappa shape index (κ1) is 17.0. The maximum atomic E-state index is 11.8. The Morgan fingerprint density at radius 2 is 2.10 bits per heavy atom. The minimum absolute atomic E-state index is 0. The minimum Gasteiger partial charge on any atom is -0.355 e. The second kappa shape index (κ2) is 7.65. The van der Waals surface area contributed by atoms with Crippen LogP contribution in [0.4, 0.5) is 0 Å². The van der Waals surface area contributed by atoms with Crippen molar-refractivity contribution in [3.8, 4) is 0 Å². The molecule has 0 spiro atoms. The molecular weight excluding hydrogens is 272 g/mol. The van der Waals surface area contributed by atoms with Crippen molar-refractivity contribution in [2.24, 2.45) is 11.7 Å². The highest BCUT2D eigenvalue weighted by Gasteiger charge is 2.28. The Hall–Kier alpha value is -1.06. The van der Waals surface area contributed by atoms with Gasteiger partial charge in [0.2, 0.25) is 5.91 Å². The molecule has 0 bridgehead atoms. The van der Waals surface area contributed by atoms with Crippen LogP contribution in [0.2, 0.25) is 0 Å². The molecule has 112 valence electrons. The molecule has 1 aromatic rings. The molecule has 1 amide bonds. The summed E-state index contributed by atoms with van der Waals surface area (Å²) in [5.41, 5.74) is 9.75. The van der Waals surface area contributed by atoms with Crippen molar-refractivity contribution in [1.29, 1.82) is 0 Å². The molecule has 1 aliphatic rings. The van der Waals surface area contributed by atoms with E-state index in [1.165, 1.54) is 29.5 Å². The van der Waals surface area contributed by atoms with Crippen molar-refractivity contribution >= 4 is 18.3 Å². The lowest BCUT2D eigenvalue weighted by Crippen LogP contribution is -2.38. The monoisotopic (exact) mass is 296 g/mol. The number of nitrogens with two attached hydrogens (primary N) is 1. The fourth-order valence-electron chi connectivity index (χ4n) is 2.39. The predicted molar refractivity (Wildman–Crippen MR) is 85.2 cm³/mol. The summed E-state index contributed by atoms with van der Waals surface area (Å²) >= 11 is 0. The zero-order valence-corrected chi connectivity index (χ0v) is 13.1. The number of rotatable bonds is 6. The molecule has 1 aromatic carbocycles. The molecule has 4 heteroatoms. The molecule has 2 rings (SSSR count). The number of carbonyl (C=O) groups excluding carboxylic acids is 1. The third kappa shape index (κ3) is 5.14. The lowest BCUT2D eigenvalue weighted by Gasteiger charge is -2.12. The number of amides is 1. The average Bonchev–Trinajstić information content (AvgIpc) is 3.19. The van der Waals surface area contributed by atoms with Crippen LogP contribution in [0.15, 0.2) is 18.2 Å². The van der Waals surface area contributed by atoms with Crippen LogP contribution >= 0.6 is 12.4 Å². The van der Waals surface area contributed by atoms with Crippen LogP contribution in [-0.4, -0.2) is 18.5 Å². The van der Waals surface area contributed by atoms with Crippen LogP contribution in [0.1, 0.15) is 36.0 Å². The Morgan fingerprint density at radius 3 is 2.70 bits per heavy atom. The third-order valence-corrected chi connectivity index (χ3v) is 3.88.